The molecule has 0 fully saturated rings. The van der Waals surface area contributed by atoms with Gasteiger partial charge in [-0.15, -0.1) is 12.4 Å². The first-order chi connectivity index (χ1) is 14.8. The van der Waals surface area contributed by atoms with Crippen molar-refractivity contribution in [3.05, 3.63) is 101 Å². The van der Waals surface area contributed by atoms with Crippen LogP contribution in [0.3, 0.4) is 0 Å². The molecule has 1 N–H and O–H groups in total. The molecule has 0 bridgehead atoms. The molecule has 0 spiro atoms. The van der Waals surface area contributed by atoms with Crippen molar-refractivity contribution in [1.82, 2.24) is 4.90 Å². The second-order valence-electron chi connectivity index (χ2n) is 8.60. The molecule has 0 saturated carbocycles. The highest BCUT2D eigenvalue weighted by molar-refractivity contribution is 5.85. The van der Waals surface area contributed by atoms with Gasteiger partial charge in [0, 0.05) is 11.7 Å². The summed E-state index contributed by atoms with van der Waals surface area (Å²) in [7, 11) is 2.30. The van der Waals surface area contributed by atoms with Crippen molar-refractivity contribution < 1.29 is 0 Å². The predicted molar refractivity (Wildman–Crippen MR) is 135 cm³/mol. The van der Waals surface area contributed by atoms with Crippen LogP contribution in [0, 0.1) is 0 Å². The van der Waals surface area contributed by atoms with Gasteiger partial charge in [-0.05, 0) is 61.2 Å². The smallest absolute Gasteiger partial charge is 0.0675 e. The summed E-state index contributed by atoms with van der Waals surface area (Å²) in [5.74, 6) is 0. The zero-order valence-electron chi connectivity index (χ0n) is 18.8. The van der Waals surface area contributed by atoms with Gasteiger partial charge in [0.25, 0.3) is 0 Å². The number of rotatable bonds is 9. The van der Waals surface area contributed by atoms with Gasteiger partial charge in [0.1, 0.15) is 0 Å². The average Bonchev–Trinajstić information content (AvgIpc) is 3.14. The number of halogens is 1. The fraction of sp³-hybridized carbons (Fsp3) is 0.357. The highest BCUT2D eigenvalue weighted by Gasteiger charge is 2.34. The Morgan fingerprint density at radius 2 is 1.58 bits per heavy atom. The van der Waals surface area contributed by atoms with Gasteiger partial charge >= 0.3 is 0 Å². The average molecular weight is 435 g/mol. The van der Waals surface area contributed by atoms with E-state index in [2.05, 4.69) is 103 Å². The zero-order chi connectivity index (χ0) is 20.8. The third-order valence-corrected chi connectivity index (χ3v) is 6.45. The van der Waals surface area contributed by atoms with Crippen molar-refractivity contribution in [3.8, 4) is 0 Å². The van der Waals surface area contributed by atoms with Gasteiger partial charge < -0.3 is 10.2 Å². The van der Waals surface area contributed by atoms with E-state index in [9.17, 15) is 0 Å². The predicted octanol–water partition coefficient (Wildman–Crippen LogP) is 6.90. The molecule has 0 unspecified atom stereocenters. The number of hydrogen-bond donors (Lipinski definition) is 1. The molecule has 0 amide bonds. The van der Waals surface area contributed by atoms with Gasteiger partial charge in [-0.25, -0.2) is 0 Å². The highest BCUT2D eigenvalue weighted by atomic mass is 35.5. The van der Waals surface area contributed by atoms with Crippen LogP contribution >= 0.6 is 12.4 Å². The Bertz CT molecular complexity index is 941. The van der Waals surface area contributed by atoms with Gasteiger partial charge in [0.05, 0.1) is 6.04 Å². The van der Waals surface area contributed by atoms with Crippen LogP contribution in [0.1, 0.15) is 54.5 Å². The number of hydrogen-bond acceptors (Lipinski definition) is 2. The van der Waals surface area contributed by atoms with Crippen LogP contribution in [-0.2, 0) is 12.8 Å². The van der Waals surface area contributed by atoms with Gasteiger partial charge in [-0.1, -0.05) is 92.6 Å². The van der Waals surface area contributed by atoms with Crippen LogP contribution in [0.2, 0.25) is 0 Å². The number of nitrogens with one attached hydrogen (secondary N) is 1. The lowest BCUT2D eigenvalue weighted by molar-refractivity contribution is 0.225. The monoisotopic (exact) mass is 434 g/mol. The van der Waals surface area contributed by atoms with Gasteiger partial charge in [-0.2, -0.15) is 0 Å². The molecule has 1 aliphatic rings. The minimum Gasteiger partial charge on any atom is -0.376 e. The number of nitrogens with zero attached hydrogens (tertiary/aromatic N) is 1. The molecule has 0 aromatic heterocycles. The maximum Gasteiger partial charge on any atom is 0.0675 e. The van der Waals surface area contributed by atoms with Crippen molar-refractivity contribution in [2.45, 2.75) is 51.1 Å². The normalized spacial score (nSPS) is 17.3. The first-order valence-electron chi connectivity index (χ1n) is 11.4. The van der Waals surface area contributed by atoms with Crippen molar-refractivity contribution in [2.24, 2.45) is 0 Å². The molecule has 0 aliphatic heterocycles. The Hall–Kier alpha value is -2.29. The molecule has 2 atom stereocenters. The van der Waals surface area contributed by atoms with E-state index in [4.69, 9.17) is 0 Å². The highest BCUT2D eigenvalue weighted by Crippen LogP contribution is 2.37. The second-order valence-corrected chi connectivity index (χ2v) is 8.60. The van der Waals surface area contributed by atoms with E-state index < -0.39 is 0 Å². The molecular weight excluding hydrogens is 400 g/mol. The second kappa shape index (κ2) is 11.4. The minimum absolute atomic E-state index is 0. The molecule has 31 heavy (non-hydrogen) atoms. The number of likely N-dealkylation sites (N-methyl/N-ethyl adjacent to an activating group) is 1. The van der Waals surface area contributed by atoms with E-state index in [1.54, 1.807) is 0 Å². The van der Waals surface area contributed by atoms with E-state index in [-0.39, 0.29) is 12.4 Å². The molecule has 3 aromatic carbocycles. The Kier molecular flexibility index (Phi) is 8.57. The van der Waals surface area contributed by atoms with Gasteiger partial charge in [-0.3, -0.25) is 0 Å². The van der Waals surface area contributed by atoms with Crippen molar-refractivity contribution in [1.29, 1.82) is 0 Å². The van der Waals surface area contributed by atoms with E-state index in [1.807, 2.05) is 0 Å². The van der Waals surface area contributed by atoms with Crippen LogP contribution in [0.5, 0.6) is 0 Å². The molecule has 0 heterocycles. The molecule has 4 rings (SSSR count). The van der Waals surface area contributed by atoms with E-state index in [1.165, 1.54) is 47.2 Å². The summed E-state index contributed by atoms with van der Waals surface area (Å²) in [4.78, 5) is 2.58. The Balaban J connectivity index is 0.00000272. The topological polar surface area (TPSA) is 15.3 Å². The summed E-state index contributed by atoms with van der Waals surface area (Å²) in [6.45, 7) is 3.44. The Morgan fingerprint density at radius 1 is 0.871 bits per heavy atom. The van der Waals surface area contributed by atoms with Crippen LogP contribution in [0.4, 0.5) is 5.69 Å². The Labute approximate surface area is 194 Å². The fourth-order valence-electron chi connectivity index (χ4n) is 4.73. The molecule has 164 valence electrons. The number of para-hydroxylation sites is 1. The summed E-state index contributed by atoms with van der Waals surface area (Å²) in [6.07, 6.45) is 5.93. The summed E-state index contributed by atoms with van der Waals surface area (Å²) in [6, 6.07) is 29.4. The Morgan fingerprint density at radius 3 is 2.39 bits per heavy atom. The molecule has 3 aromatic rings. The molecule has 3 heteroatoms. The van der Waals surface area contributed by atoms with E-state index >= 15 is 0 Å². The summed E-state index contributed by atoms with van der Waals surface area (Å²) in [5, 5.41) is 3.97. The minimum atomic E-state index is 0. The SMILES string of the molecule is CCCCCN(C)[C@@H]1Cc2ccccc2[C@H]1Nc1ccccc1Cc1ccccc1.Cl. The van der Waals surface area contributed by atoms with Crippen LogP contribution in [0.25, 0.3) is 0 Å². The van der Waals surface area contributed by atoms with E-state index in [0.29, 0.717) is 12.1 Å². The molecule has 1 aliphatic carbocycles. The molecule has 2 nitrogen and oxygen atoms in total. The molecular formula is C28H35ClN2. The largest absolute Gasteiger partial charge is 0.376 e. The first kappa shape index (κ1) is 23.4. The lowest BCUT2D eigenvalue weighted by atomic mass is 10.0. The van der Waals surface area contributed by atoms with Crippen LogP contribution < -0.4 is 5.32 Å². The van der Waals surface area contributed by atoms with Crippen LogP contribution in [-0.4, -0.2) is 24.5 Å². The van der Waals surface area contributed by atoms with Crippen molar-refractivity contribution in [2.75, 3.05) is 18.9 Å². The quantitative estimate of drug-likeness (QED) is 0.368. The fourth-order valence-corrected chi connectivity index (χ4v) is 4.73. The van der Waals surface area contributed by atoms with Gasteiger partial charge in [0.2, 0.25) is 0 Å². The third kappa shape index (κ3) is 5.70. The third-order valence-electron chi connectivity index (χ3n) is 6.45. The lowest BCUT2D eigenvalue weighted by Crippen LogP contribution is -2.38. The maximum atomic E-state index is 3.97. The summed E-state index contributed by atoms with van der Waals surface area (Å²) < 4.78 is 0. The summed E-state index contributed by atoms with van der Waals surface area (Å²) in [5.41, 5.74) is 6.92. The van der Waals surface area contributed by atoms with Crippen molar-refractivity contribution in [3.63, 3.8) is 0 Å². The molecule has 0 saturated heterocycles. The van der Waals surface area contributed by atoms with E-state index in [0.717, 1.165) is 19.4 Å². The van der Waals surface area contributed by atoms with Crippen molar-refractivity contribution >= 4 is 18.1 Å². The molecule has 0 radical (unpaired) electrons. The number of benzene rings is 3. The number of fused-ring (bicyclic) bond motifs is 1. The number of unbranched alkanes of at least 4 members (excludes halogenated alkanes) is 2. The maximum absolute atomic E-state index is 3.97. The van der Waals surface area contributed by atoms with Crippen LogP contribution in [0.15, 0.2) is 78.9 Å². The zero-order valence-corrected chi connectivity index (χ0v) is 19.6. The standard InChI is InChI=1S/C28H34N2.ClH/c1-3-4-12-19-30(2)27-21-23-15-8-10-17-25(23)28(27)29-26-18-11-9-16-24(26)20-22-13-6-5-7-14-22;/h5-11,13-18,27-29H,3-4,12,19-21H2,1-2H3;1H/t27-,28-;/m1./s1. The van der Waals surface area contributed by atoms with Gasteiger partial charge in [0.15, 0.2) is 0 Å². The number of anilines is 1. The lowest BCUT2D eigenvalue weighted by Gasteiger charge is -2.32. The summed E-state index contributed by atoms with van der Waals surface area (Å²) >= 11 is 0. The first-order valence-corrected chi connectivity index (χ1v) is 11.4.